The Morgan fingerprint density at radius 2 is 1.50 bits per heavy atom. The number of primary amides is 1. The summed E-state index contributed by atoms with van der Waals surface area (Å²) >= 11 is 0. The molecule has 3 aromatic rings. The zero-order valence-corrected chi connectivity index (χ0v) is 17.1. The summed E-state index contributed by atoms with van der Waals surface area (Å²) in [6.07, 6.45) is 0. The van der Waals surface area contributed by atoms with Crippen molar-refractivity contribution in [3.05, 3.63) is 95.6 Å². The van der Waals surface area contributed by atoms with Crippen molar-refractivity contribution in [2.45, 2.75) is 11.4 Å². The topological polar surface area (TPSA) is 110 Å². The van der Waals surface area contributed by atoms with Gasteiger partial charge in [-0.2, -0.15) is 4.31 Å². The summed E-state index contributed by atoms with van der Waals surface area (Å²) in [4.78, 5) is 24.2. The third-order valence-electron chi connectivity index (χ3n) is 4.51. The average molecular weight is 423 g/mol. The minimum absolute atomic E-state index is 0.156. The second-order valence-corrected chi connectivity index (χ2v) is 8.68. The van der Waals surface area contributed by atoms with E-state index in [-0.39, 0.29) is 17.0 Å². The Morgan fingerprint density at radius 1 is 0.900 bits per heavy atom. The average Bonchev–Trinajstić information content (AvgIpc) is 2.75. The molecule has 0 saturated carbocycles. The molecule has 0 atom stereocenters. The molecule has 3 N–H and O–H groups in total. The zero-order chi connectivity index (χ0) is 21.7. The number of sulfonamides is 1. The fourth-order valence-corrected chi connectivity index (χ4v) is 4.06. The maximum atomic E-state index is 12.6. The lowest BCUT2D eigenvalue weighted by molar-refractivity contribution is 0.100. The first-order chi connectivity index (χ1) is 14.3. The molecule has 0 saturated heterocycles. The summed E-state index contributed by atoms with van der Waals surface area (Å²) in [7, 11) is -2.10. The third-order valence-corrected chi connectivity index (χ3v) is 6.33. The smallest absolute Gasteiger partial charge is 0.255 e. The van der Waals surface area contributed by atoms with Gasteiger partial charge in [0.15, 0.2) is 0 Å². The molecule has 0 bridgehead atoms. The molecule has 2 amide bonds. The number of carbonyl (C=O) groups excluding carboxylic acids is 2. The lowest BCUT2D eigenvalue weighted by Crippen LogP contribution is -2.26. The first-order valence-electron chi connectivity index (χ1n) is 9.09. The lowest BCUT2D eigenvalue weighted by atomic mass is 10.1. The molecular weight excluding hydrogens is 402 g/mol. The van der Waals surface area contributed by atoms with Gasteiger partial charge >= 0.3 is 0 Å². The van der Waals surface area contributed by atoms with Gasteiger partial charge in [0.1, 0.15) is 0 Å². The maximum Gasteiger partial charge on any atom is 0.255 e. The number of nitrogens with one attached hydrogen (secondary N) is 1. The molecule has 0 radical (unpaired) electrons. The van der Waals surface area contributed by atoms with Crippen LogP contribution < -0.4 is 11.1 Å². The van der Waals surface area contributed by atoms with Crippen LogP contribution in [0.25, 0.3) is 0 Å². The molecule has 7 nitrogen and oxygen atoms in total. The Labute approximate surface area is 175 Å². The van der Waals surface area contributed by atoms with Gasteiger partial charge in [-0.15, -0.1) is 0 Å². The predicted molar refractivity (Wildman–Crippen MR) is 114 cm³/mol. The number of hydrogen-bond acceptors (Lipinski definition) is 4. The molecule has 0 aliphatic carbocycles. The van der Waals surface area contributed by atoms with Gasteiger partial charge in [-0.1, -0.05) is 42.5 Å². The van der Waals surface area contributed by atoms with E-state index in [0.29, 0.717) is 11.3 Å². The molecule has 0 fully saturated rings. The Hall–Kier alpha value is -3.49. The molecule has 0 spiro atoms. The van der Waals surface area contributed by atoms with Crippen molar-refractivity contribution in [2.24, 2.45) is 5.73 Å². The molecule has 0 aliphatic rings. The second kappa shape index (κ2) is 8.89. The standard InChI is InChI=1S/C22H21N3O4S/c1-25(30(28,29)18-7-3-2-4-8-18)15-16-11-13-17(14-12-16)22(27)24-20-10-6-5-9-19(20)21(23)26/h2-14H,15H2,1H3,(H2,23,26)(H,24,27). The normalized spacial score (nSPS) is 11.3. The SMILES string of the molecule is CN(Cc1ccc(C(=O)Nc2ccccc2C(N)=O)cc1)S(=O)(=O)c1ccccc1. The molecular formula is C22H21N3O4S. The van der Waals surface area contributed by atoms with Crippen LogP contribution in [-0.2, 0) is 16.6 Å². The first-order valence-corrected chi connectivity index (χ1v) is 10.5. The van der Waals surface area contributed by atoms with E-state index >= 15 is 0 Å². The number of nitrogens with zero attached hydrogens (tertiary/aromatic N) is 1. The summed E-state index contributed by atoms with van der Waals surface area (Å²) in [5.41, 5.74) is 6.97. The summed E-state index contributed by atoms with van der Waals surface area (Å²) in [5, 5.41) is 2.67. The van der Waals surface area contributed by atoms with Crippen LogP contribution in [0.4, 0.5) is 5.69 Å². The van der Waals surface area contributed by atoms with E-state index in [9.17, 15) is 18.0 Å². The van der Waals surface area contributed by atoms with Gasteiger partial charge < -0.3 is 11.1 Å². The molecule has 3 rings (SSSR count). The Bertz CT molecular complexity index is 1160. The van der Waals surface area contributed by atoms with Crippen LogP contribution in [0.15, 0.2) is 83.8 Å². The van der Waals surface area contributed by atoms with E-state index in [4.69, 9.17) is 5.73 Å². The Kier molecular flexibility index (Phi) is 6.29. The predicted octanol–water partition coefficient (Wildman–Crippen LogP) is 2.86. The molecule has 3 aromatic carbocycles. The number of carbonyl (C=O) groups is 2. The van der Waals surface area contributed by atoms with Gasteiger partial charge in [0, 0.05) is 19.2 Å². The number of nitrogens with two attached hydrogens (primary N) is 1. The molecule has 154 valence electrons. The van der Waals surface area contributed by atoms with E-state index in [0.717, 1.165) is 5.56 Å². The van der Waals surface area contributed by atoms with E-state index in [1.165, 1.54) is 17.4 Å². The highest BCUT2D eigenvalue weighted by atomic mass is 32.2. The highest BCUT2D eigenvalue weighted by Crippen LogP contribution is 2.18. The molecule has 0 unspecified atom stereocenters. The zero-order valence-electron chi connectivity index (χ0n) is 16.3. The van der Waals surface area contributed by atoms with E-state index in [1.807, 2.05) is 0 Å². The van der Waals surface area contributed by atoms with Gasteiger partial charge in [-0.05, 0) is 42.0 Å². The summed E-state index contributed by atoms with van der Waals surface area (Å²) in [6.45, 7) is 0.156. The van der Waals surface area contributed by atoms with Gasteiger partial charge in [-0.3, -0.25) is 9.59 Å². The monoisotopic (exact) mass is 423 g/mol. The summed E-state index contributed by atoms with van der Waals surface area (Å²) in [6, 6.07) is 21.2. The molecule has 0 aromatic heterocycles. The minimum atomic E-state index is -3.61. The van der Waals surface area contributed by atoms with Crippen molar-refractivity contribution >= 4 is 27.5 Å². The highest BCUT2D eigenvalue weighted by Gasteiger charge is 2.20. The Morgan fingerprint density at radius 3 is 2.13 bits per heavy atom. The molecule has 30 heavy (non-hydrogen) atoms. The van der Waals surface area contributed by atoms with Crippen LogP contribution in [-0.4, -0.2) is 31.6 Å². The summed E-state index contributed by atoms with van der Waals surface area (Å²) < 4.78 is 26.5. The van der Waals surface area contributed by atoms with Crippen LogP contribution in [0.5, 0.6) is 0 Å². The lowest BCUT2D eigenvalue weighted by Gasteiger charge is -2.17. The van der Waals surface area contributed by atoms with Gasteiger partial charge in [-0.25, -0.2) is 8.42 Å². The third kappa shape index (κ3) is 4.73. The number of para-hydroxylation sites is 1. The number of hydrogen-bond donors (Lipinski definition) is 2. The molecule has 0 aliphatic heterocycles. The van der Waals surface area contributed by atoms with Crippen molar-refractivity contribution in [3.8, 4) is 0 Å². The maximum absolute atomic E-state index is 12.6. The van der Waals surface area contributed by atoms with Gasteiger partial charge in [0.25, 0.3) is 11.8 Å². The summed E-state index contributed by atoms with van der Waals surface area (Å²) in [5.74, 6) is -1.04. The van der Waals surface area contributed by atoms with Crippen molar-refractivity contribution in [2.75, 3.05) is 12.4 Å². The van der Waals surface area contributed by atoms with Crippen LogP contribution >= 0.6 is 0 Å². The van der Waals surface area contributed by atoms with Crippen LogP contribution in [0.3, 0.4) is 0 Å². The van der Waals surface area contributed by atoms with E-state index in [2.05, 4.69) is 5.32 Å². The van der Waals surface area contributed by atoms with E-state index in [1.54, 1.807) is 72.8 Å². The van der Waals surface area contributed by atoms with Crippen molar-refractivity contribution in [1.29, 1.82) is 0 Å². The van der Waals surface area contributed by atoms with Gasteiger partial charge in [0.05, 0.1) is 16.1 Å². The highest BCUT2D eigenvalue weighted by molar-refractivity contribution is 7.89. The number of benzene rings is 3. The van der Waals surface area contributed by atoms with Crippen molar-refractivity contribution in [3.63, 3.8) is 0 Å². The van der Waals surface area contributed by atoms with Crippen LogP contribution in [0.1, 0.15) is 26.3 Å². The van der Waals surface area contributed by atoms with Crippen molar-refractivity contribution in [1.82, 2.24) is 4.31 Å². The van der Waals surface area contributed by atoms with Crippen LogP contribution in [0, 0.1) is 0 Å². The van der Waals surface area contributed by atoms with E-state index < -0.39 is 21.8 Å². The Balaban J connectivity index is 1.71. The molecule has 0 heterocycles. The number of rotatable bonds is 7. The fraction of sp³-hybridized carbons (Fsp3) is 0.0909. The minimum Gasteiger partial charge on any atom is -0.366 e. The second-order valence-electron chi connectivity index (χ2n) is 6.64. The first kappa shape index (κ1) is 21.2. The largest absolute Gasteiger partial charge is 0.366 e. The fourth-order valence-electron chi connectivity index (χ4n) is 2.88. The number of amides is 2. The number of anilines is 1. The quantitative estimate of drug-likeness (QED) is 0.609. The molecule has 8 heteroatoms. The van der Waals surface area contributed by atoms with Gasteiger partial charge in [0.2, 0.25) is 10.0 Å². The van der Waals surface area contributed by atoms with Crippen LogP contribution in [0.2, 0.25) is 0 Å². The van der Waals surface area contributed by atoms with Crippen molar-refractivity contribution < 1.29 is 18.0 Å².